The summed E-state index contributed by atoms with van der Waals surface area (Å²) in [4.78, 5) is 0. The second-order valence-corrected chi connectivity index (χ2v) is 7.70. The van der Waals surface area contributed by atoms with E-state index in [0.717, 1.165) is 18.2 Å². The Labute approximate surface area is 186 Å². The zero-order chi connectivity index (χ0) is 24.6. The summed E-state index contributed by atoms with van der Waals surface area (Å²) in [6, 6.07) is 8.78. The van der Waals surface area contributed by atoms with Crippen LogP contribution in [0, 0.1) is 25.7 Å². The normalized spacial score (nSPS) is 17.9. The second kappa shape index (κ2) is 8.57. The zero-order valence-electron chi connectivity index (χ0n) is 17.7. The van der Waals surface area contributed by atoms with E-state index in [1.54, 1.807) is 0 Å². The van der Waals surface area contributed by atoms with Gasteiger partial charge in [0, 0.05) is 28.6 Å². The van der Waals surface area contributed by atoms with Gasteiger partial charge in [0.05, 0.1) is 5.92 Å². The summed E-state index contributed by atoms with van der Waals surface area (Å²) >= 11 is 0. The molecule has 178 valence electrons. The quantitative estimate of drug-likeness (QED) is 0.313. The highest BCUT2D eigenvalue weighted by Crippen LogP contribution is 2.51. The summed E-state index contributed by atoms with van der Waals surface area (Å²) in [5.74, 6) is -8.64. The number of ether oxygens (including phenoxy) is 2. The Morgan fingerprint density at radius 2 is 1.24 bits per heavy atom. The lowest BCUT2D eigenvalue weighted by Crippen LogP contribution is -2.57. The molecule has 33 heavy (non-hydrogen) atoms. The van der Waals surface area contributed by atoms with Gasteiger partial charge in [0.25, 0.3) is 5.79 Å². The summed E-state index contributed by atoms with van der Waals surface area (Å²) in [6.45, 7) is 3.07. The molecular formula is C23H22F6N2O2. The van der Waals surface area contributed by atoms with Gasteiger partial charge in [-0.05, 0) is 38.1 Å². The number of nitrogens with two attached hydrogens (primary N) is 2. The van der Waals surface area contributed by atoms with Crippen molar-refractivity contribution in [3.63, 3.8) is 0 Å². The first kappa shape index (κ1) is 24.3. The topological polar surface area (TPSA) is 70.5 Å². The molecule has 0 spiro atoms. The van der Waals surface area contributed by atoms with Crippen LogP contribution in [0.4, 0.5) is 37.7 Å². The molecular weight excluding hydrogens is 450 g/mol. The van der Waals surface area contributed by atoms with Gasteiger partial charge in [-0.25, -0.2) is 0 Å². The van der Waals surface area contributed by atoms with Gasteiger partial charge in [0.2, 0.25) is 0 Å². The van der Waals surface area contributed by atoms with Gasteiger partial charge in [-0.2, -0.15) is 26.3 Å². The number of alkyl halides is 6. The summed E-state index contributed by atoms with van der Waals surface area (Å²) in [7, 11) is 0. The molecule has 2 aromatic rings. The molecule has 10 heteroatoms. The van der Waals surface area contributed by atoms with Gasteiger partial charge >= 0.3 is 12.4 Å². The van der Waals surface area contributed by atoms with E-state index < -0.39 is 30.0 Å². The smallest absolute Gasteiger partial charge is 0.401 e. The largest absolute Gasteiger partial charge is 0.448 e. The summed E-state index contributed by atoms with van der Waals surface area (Å²) in [5, 5.41) is 0. The molecule has 1 unspecified atom stereocenters. The molecule has 0 saturated heterocycles. The Morgan fingerprint density at radius 1 is 0.788 bits per heavy atom. The minimum absolute atomic E-state index is 0.0235. The third-order valence-corrected chi connectivity index (χ3v) is 5.48. The van der Waals surface area contributed by atoms with Crippen LogP contribution >= 0.6 is 0 Å². The van der Waals surface area contributed by atoms with Crippen molar-refractivity contribution in [2.45, 2.75) is 32.0 Å². The first-order valence-corrected chi connectivity index (χ1v) is 9.84. The number of halogens is 6. The highest BCUT2D eigenvalue weighted by atomic mass is 19.4. The van der Waals surface area contributed by atoms with Gasteiger partial charge in [-0.15, -0.1) is 0 Å². The Bertz CT molecular complexity index is 1010. The van der Waals surface area contributed by atoms with E-state index in [2.05, 4.69) is 0 Å². The molecule has 4 N–H and O–H groups in total. The van der Waals surface area contributed by atoms with Crippen LogP contribution in [-0.4, -0.2) is 18.1 Å². The minimum atomic E-state index is -5.63. The maximum absolute atomic E-state index is 13.8. The second-order valence-electron chi connectivity index (χ2n) is 7.70. The van der Waals surface area contributed by atoms with Crippen molar-refractivity contribution in [2.75, 3.05) is 11.5 Å². The van der Waals surface area contributed by atoms with Crippen LogP contribution in [0.2, 0.25) is 0 Å². The van der Waals surface area contributed by atoms with Crippen molar-refractivity contribution in [3.05, 3.63) is 71.8 Å². The van der Waals surface area contributed by atoms with E-state index in [0.29, 0.717) is 11.1 Å². The molecule has 0 fully saturated rings. The lowest BCUT2D eigenvalue weighted by atomic mass is 9.80. The number of allylic oxidation sites excluding steroid dienone is 2. The number of benzene rings is 2. The average molecular weight is 472 g/mol. The van der Waals surface area contributed by atoms with E-state index in [4.69, 9.17) is 20.9 Å². The van der Waals surface area contributed by atoms with Crippen LogP contribution in [0.25, 0.3) is 0 Å². The van der Waals surface area contributed by atoms with E-state index in [1.807, 2.05) is 0 Å². The summed E-state index contributed by atoms with van der Waals surface area (Å²) < 4.78 is 94.4. The molecule has 0 radical (unpaired) electrons. The monoisotopic (exact) mass is 472 g/mol. The summed E-state index contributed by atoms with van der Waals surface area (Å²) in [6.07, 6.45) is -7.08. The molecule has 4 nitrogen and oxygen atoms in total. The van der Waals surface area contributed by atoms with Crippen molar-refractivity contribution in [2.24, 2.45) is 11.8 Å². The van der Waals surface area contributed by atoms with Crippen molar-refractivity contribution < 1.29 is 35.8 Å². The van der Waals surface area contributed by atoms with Crippen molar-refractivity contribution in [1.29, 1.82) is 0 Å². The third-order valence-electron chi connectivity index (χ3n) is 5.48. The van der Waals surface area contributed by atoms with Crippen molar-refractivity contribution in [3.8, 4) is 11.5 Å². The molecule has 0 saturated carbocycles. The van der Waals surface area contributed by atoms with Gasteiger partial charge in [0.1, 0.15) is 11.5 Å². The van der Waals surface area contributed by atoms with Crippen molar-refractivity contribution >= 4 is 11.4 Å². The van der Waals surface area contributed by atoms with Crippen LogP contribution in [0.15, 0.2) is 60.7 Å². The zero-order valence-corrected chi connectivity index (χ0v) is 17.7. The Kier molecular flexibility index (Phi) is 6.32. The molecule has 0 aliphatic heterocycles. The minimum Gasteiger partial charge on any atom is -0.448 e. The number of hydrogen-bond acceptors (Lipinski definition) is 4. The van der Waals surface area contributed by atoms with Crippen LogP contribution in [0.3, 0.4) is 0 Å². The molecule has 1 aliphatic rings. The highest BCUT2D eigenvalue weighted by Gasteiger charge is 2.65. The molecule has 2 aromatic carbocycles. The molecule has 1 atom stereocenters. The Hall–Kier alpha value is -3.30. The lowest BCUT2D eigenvalue weighted by Gasteiger charge is -2.43. The maximum atomic E-state index is 13.8. The maximum Gasteiger partial charge on any atom is 0.401 e. The van der Waals surface area contributed by atoms with Crippen molar-refractivity contribution in [1.82, 2.24) is 0 Å². The fourth-order valence-electron chi connectivity index (χ4n) is 3.61. The van der Waals surface area contributed by atoms with Gasteiger partial charge in [-0.3, -0.25) is 0 Å². The fraction of sp³-hybridized carbons (Fsp3) is 0.304. The molecule has 1 aliphatic carbocycles. The summed E-state index contributed by atoms with van der Waals surface area (Å²) in [5.41, 5.74) is 12.9. The number of hydrogen-bond donors (Lipinski definition) is 2. The van der Waals surface area contributed by atoms with Crippen LogP contribution in [-0.2, 0) is 0 Å². The molecule has 0 aromatic heterocycles. The van der Waals surface area contributed by atoms with Gasteiger partial charge < -0.3 is 20.9 Å². The van der Waals surface area contributed by atoms with Crippen LogP contribution < -0.4 is 20.9 Å². The van der Waals surface area contributed by atoms with E-state index in [-0.39, 0.29) is 22.9 Å². The van der Waals surface area contributed by atoms with E-state index in [9.17, 15) is 26.3 Å². The first-order chi connectivity index (χ1) is 15.3. The number of rotatable bonds is 5. The molecule has 3 rings (SSSR count). The standard InChI is InChI=1S/C23H22F6N2O2/c1-13-16(30)8-5-10-18(13)32-21(33-19-11-6-9-17(31)14(19)2)12-4-3-7-15(21)20(22(24,25)26)23(27,28)29/h3-12,15,20H,30-31H2,1-2H3. The van der Waals surface area contributed by atoms with Gasteiger partial charge in [0.15, 0.2) is 5.92 Å². The Morgan fingerprint density at radius 3 is 1.67 bits per heavy atom. The lowest BCUT2D eigenvalue weighted by molar-refractivity contribution is -0.314. The van der Waals surface area contributed by atoms with Crippen LogP contribution in [0.5, 0.6) is 11.5 Å². The Balaban J connectivity index is 2.23. The van der Waals surface area contributed by atoms with Gasteiger partial charge in [-0.1, -0.05) is 30.4 Å². The fourth-order valence-corrected chi connectivity index (χ4v) is 3.61. The molecule has 0 amide bonds. The molecule has 0 bridgehead atoms. The number of anilines is 2. The SMILES string of the molecule is Cc1c(N)cccc1OC1(Oc2cccc(N)c2C)C=CC=CC1C(C(F)(F)F)C(F)(F)F. The average Bonchev–Trinajstić information content (AvgIpc) is 2.69. The predicted molar refractivity (Wildman–Crippen MR) is 113 cm³/mol. The predicted octanol–water partition coefficient (Wildman–Crippen LogP) is 6.10. The molecule has 0 heterocycles. The van der Waals surface area contributed by atoms with E-state index >= 15 is 0 Å². The number of nitrogen functional groups attached to an aromatic ring is 2. The first-order valence-electron chi connectivity index (χ1n) is 9.84. The highest BCUT2D eigenvalue weighted by molar-refractivity contribution is 5.55. The third kappa shape index (κ3) is 4.89. The van der Waals surface area contributed by atoms with E-state index in [1.165, 1.54) is 56.3 Å². The van der Waals surface area contributed by atoms with Crippen LogP contribution in [0.1, 0.15) is 11.1 Å².